The normalized spacial score (nSPS) is 10.5. The van der Waals surface area contributed by atoms with Gasteiger partial charge in [-0.05, 0) is 25.0 Å². The largest absolute Gasteiger partial charge is 1.00 e. The van der Waals surface area contributed by atoms with Crippen LogP contribution in [0.15, 0.2) is 41.3 Å². The van der Waals surface area contributed by atoms with Crippen molar-refractivity contribution in [1.29, 1.82) is 0 Å². The maximum absolute atomic E-state index is 10.8. The minimum Gasteiger partial charge on any atom is -0.744 e. The minimum absolute atomic E-state index is 0. The average molecular weight is 234 g/mol. The van der Waals surface area contributed by atoms with Crippen molar-refractivity contribution in [2.24, 2.45) is 0 Å². The van der Waals surface area contributed by atoms with Gasteiger partial charge < -0.3 is 4.55 Å². The molecular formula is C10H11NaO3S. The first-order valence-corrected chi connectivity index (χ1v) is 5.50. The minimum atomic E-state index is -4.37. The van der Waals surface area contributed by atoms with Crippen LogP contribution >= 0.6 is 0 Å². The molecule has 0 atom stereocenters. The summed E-state index contributed by atoms with van der Waals surface area (Å²) in [5, 5.41) is 0. The van der Waals surface area contributed by atoms with E-state index in [2.05, 4.69) is 6.58 Å². The van der Waals surface area contributed by atoms with E-state index >= 15 is 0 Å². The van der Waals surface area contributed by atoms with Gasteiger partial charge >= 0.3 is 29.6 Å². The van der Waals surface area contributed by atoms with Gasteiger partial charge in [-0.25, -0.2) is 8.42 Å². The second kappa shape index (κ2) is 5.82. The molecule has 0 heterocycles. The molecule has 76 valence electrons. The molecule has 0 bridgehead atoms. The summed E-state index contributed by atoms with van der Waals surface area (Å²) in [5.41, 5.74) is 1.33. The predicted octanol–water partition coefficient (Wildman–Crippen LogP) is -1.29. The maximum Gasteiger partial charge on any atom is 1.00 e. The number of rotatable bonds is 3. The van der Waals surface area contributed by atoms with E-state index in [1.807, 2.05) is 0 Å². The number of allylic oxidation sites excluding steroid dienone is 1. The Kier molecular flexibility index (Phi) is 5.77. The predicted molar refractivity (Wildman–Crippen MR) is 52.9 cm³/mol. The monoisotopic (exact) mass is 234 g/mol. The molecule has 15 heavy (non-hydrogen) atoms. The molecule has 0 aliphatic heterocycles. The van der Waals surface area contributed by atoms with Crippen LogP contribution in [0.4, 0.5) is 0 Å². The van der Waals surface area contributed by atoms with E-state index in [9.17, 15) is 13.0 Å². The Morgan fingerprint density at radius 3 is 2.40 bits per heavy atom. The van der Waals surface area contributed by atoms with Crippen LogP contribution in [0, 0.1) is 0 Å². The van der Waals surface area contributed by atoms with Gasteiger partial charge in [-0.3, -0.25) is 0 Å². The summed E-state index contributed by atoms with van der Waals surface area (Å²) >= 11 is 0. The van der Waals surface area contributed by atoms with E-state index in [0.717, 1.165) is 5.57 Å². The van der Waals surface area contributed by atoms with E-state index < -0.39 is 10.1 Å². The van der Waals surface area contributed by atoms with Crippen LogP contribution < -0.4 is 29.6 Å². The Hall–Kier alpha value is -0.130. The van der Waals surface area contributed by atoms with E-state index in [-0.39, 0.29) is 34.5 Å². The summed E-state index contributed by atoms with van der Waals surface area (Å²) in [4.78, 5) is -0.150. The van der Waals surface area contributed by atoms with Crippen molar-refractivity contribution < 1.29 is 42.5 Å². The maximum atomic E-state index is 10.8. The molecule has 0 aliphatic rings. The molecule has 1 rings (SSSR count). The van der Waals surface area contributed by atoms with E-state index in [4.69, 9.17) is 0 Å². The topological polar surface area (TPSA) is 57.2 Å². The molecule has 3 nitrogen and oxygen atoms in total. The third-order valence-corrected chi connectivity index (χ3v) is 2.67. The van der Waals surface area contributed by atoms with Gasteiger partial charge in [0.25, 0.3) is 0 Å². The molecule has 0 amide bonds. The summed E-state index contributed by atoms with van der Waals surface area (Å²) < 4.78 is 32.5. The molecule has 0 N–H and O–H groups in total. The summed E-state index contributed by atoms with van der Waals surface area (Å²) in [6, 6.07) is 6.18. The van der Waals surface area contributed by atoms with Crippen molar-refractivity contribution in [2.75, 3.05) is 0 Å². The smallest absolute Gasteiger partial charge is 0.744 e. The molecule has 0 spiro atoms. The first kappa shape index (κ1) is 14.9. The zero-order valence-electron chi connectivity index (χ0n) is 8.86. The summed E-state index contributed by atoms with van der Waals surface area (Å²) in [6.07, 6.45) is 0.414. The van der Waals surface area contributed by atoms with Crippen LogP contribution in [0.2, 0.25) is 0 Å². The fourth-order valence-corrected chi connectivity index (χ4v) is 1.93. The summed E-state index contributed by atoms with van der Waals surface area (Å²) in [7, 11) is -4.37. The zero-order chi connectivity index (χ0) is 10.8. The van der Waals surface area contributed by atoms with Crippen molar-refractivity contribution in [2.45, 2.75) is 18.2 Å². The molecule has 0 saturated heterocycles. The third kappa shape index (κ3) is 4.49. The first-order chi connectivity index (χ1) is 6.41. The fourth-order valence-electron chi connectivity index (χ4n) is 1.22. The summed E-state index contributed by atoms with van der Waals surface area (Å²) in [5.74, 6) is 0. The number of benzene rings is 1. The Morgan fingerprint density at radius 1 is 1.40 bits per heavy atom. The van der Waals surface area contributed by atoms with E-state index in [1.54, 1.807) is 19.1 Å². The van der Waals surface area contributed by atoms with Crippen molar-refractivity contribution in [1.82, 2.24) is 0 Å². The van der Waals surface area contributed by atoms with Crippen LogP contribution in [0.3, 0.4) is 0 Å². The van der Waals surface area contributed by atoms with Gasteiger partial charge in [0, 0.05) is 0 Å². The first-order valence-electron chi connectivity index (χ1n) is 4.09. The van der Waals surface area contributed by atoms with Gasteiger partial charge in [0.1, 0.15) is 10.1 Å². The molecule has 5 heteroatoms. The molecule has 0 radical (unpaired) electrons. The second-order valence-electron chi connectivity index (χ2n) is 3.20. The van der Waals surface area contributed by atoms with E-state index in [1.165, 1.54) is 12.1 Å². The second-order valence-corrected chi connectivity index (χ2v) is 4.54. The van der Waals surface area contributed by atoms with Crippen LogP contribution in [0.1, 0.15) is 12.5 Å². The standard InChI is InChI=1S/C10H12O3S.Na/c1-8(2)7-9-5-3-4-6-10(9)14(11,12)13;/h3-6H,1,7H2,2H3,(H,11,12,13);/q;+1/p-1. The van der Waals surface area contributed by atoms with Gasteiger partial charge in [0.05, 0.1) is 4.90 Å². The zero-order valence-corrected chi connectivity index (χ0v) is 11.7. The molecule has 0 saturated carbocycles. The molecule has 1 aromatic rings. The molecule has 0 aliphatic carbocycles. The molecule has 1 aromatic carbocycles. The van der Waals surface area contributed by atoms with Crippen molar-refractivity contribution in [3.05, 3.63) is 42.0 Å². The SMILES string of the molecule is C=C(C)Cc1ccccc1S(=O)(=O)[O-].[Na+]. The van der Waals surface area contributed by atoms with Crippen molar-refractivity contribution in [3.63, 3.8) is 0 Å². The Labute approximate surface area is 112 Å². The summed E-state index contributed by atoms with van der Waals surface area (Å²) in [6.45, 7) is 5.46. The Balaban J connectivity index is 0.00000196. The number of hydrogen-bond donors (Lipinski definition) is 0. The van der Waals surface area contributed by atoms with Crippen LogP contribution in [0.25, 0.3) is 0 Å². The molecular weight excluding hydrogens is 223 g/mol. The third-order valence-electron chi connectivity index (χ3n) is 1.73. The fraction of sp³-hybridized carbons (Fsp3) is 0.200. The van der Waals surface area contributed by atoms with Gasteiger partial charge in [-0.1, -0.05) is 30.4 Å². The Morgan fingerprint density at radius 2 is 1.93 bits per heavy atom. The average Bonchev–Trinajstić information content (AvgIpc) is 2.01. The molecule has 0 unspecified atom stereocenters. The van der Waals surface area contributed by atoms with Crippen LogP contribution in [-0.4, -0.2) is 13.0 Å². The molecule has 0 aromatic heterocycles. The van der Waals surface area contributed by atoms with Gasteiger partial charge in [-0.2, -0.15) is 0 Å². The van der Waals surface area contributed by atoms with Crippen LogP contribution in [-0.2, 0) is 16.5 Å². The van der Waals surface area contributed by atoms with Gasteiger partial charge in [0.15, 0.2) is 0 Å². The van der Waals surface area contributed by atoms with Crippen molar-refractivity contribution >= 4 is 10.1 Å². The Bertz CT molecular complexity index is 451. The number of hydrogen-bond acceptors (Lipinski definition) is 3. The van der Waals surface area contributed by atoms with Gasteiger partial charge in [-0.15, -0.1) is 0 Å². The molecule has 0 fully saturated rings. The van der Waals surface area contributed by atoms with Gasteiger partial charge in [0.2, 0.25) is 0 Å². The van der Waals surface area contributed by atoms with E-state index in [0.29, 0.717) is 12.0 Å². The quantitative estimate of drug-likeness (QED) is 0.371. The van der Waals surface area contributed by atoms with Crippen LogP contribution in [0.5, 0.6) is 0 Å². The van der Waals surface area contributed by atoms with Crippen molar-refractivity contribution in [3.8, 4) is 0 Å².